The van der Waals surface area contributed by atoms with E-state index < -0.39 is 17.7 Å². The van der Waals surface area contributed by atoms with Crippen LogP contribution >= 0.6 is 15.9 Å². The number of anilines is 1. The van der Waals surface area contributed by atoms with Crippen molar-refractivity contribution >= 4 is 33.7 Å². The largest absolute Gasteiger partial charge is 0.444 e. The number of carbonyl (C=O) groups is 2. The van der Waals surface area contributed by atoms with Crippen LogP contribution in [0.5, 0.6) is 0 Å². The molecule has 2 bridgehead atoms. The van der Waals surface area contributed by atoms with Crippen LogP contribution in [0.1, 0.15) is 52.0 Å². The predicted octanol–water partition coefficient (Wildman–Crippen LogP) is 3.88. The fraction of sp³-hybridized carbons (Fsp3) is 0.682. The summed E-state index contributed by atoms with van der Waals surface area (Å²) in [4.78, 5) is 32.4. The minimum absolute atomic E-state index is 0.0377. The van der Waals surface area contributed by atoms with E-state index in [1.54, 1.807) is 4.90 Å². The monoisotopic (exact) mass is 495 g/mol. The van der Waals surface area contributed by atoms with Crippen LogP contribution in [0.15, 0.2) is 16.7 Å². The minimum atomic E-state index is -0.637. The fourth-order valence-electron chi connectivity index (χ4n) is 4.40. The lowest BCUT2D eigenvalue weighted by atomic mass is 10.00. The van der Waals surface area contributed by atoms with Crippen molar-refractivity contribution in [2.24, 2.45) is 5.41 Å². The molecule has 8 nitrogen and oxygen atoms in total. The third-order valence-corrected chi connectivity index (χ3v) is 6.43. The van der Waals surface area contributed by atoms with Crippen molar-refractivity contribution in [2.45, 2.75) is 70.7 Å². The summed E-state index contributed by atoms with van der Waals surface area (Å²) in [6.07, 6.45) is 2.74. The van der Waals surface area contributed by atoms with E-state index in [1.165, 1.54) is 0 Å². The van der Waals surface area contributed by atoms with Crippen LogP contribution < -0.4 is 5.32 Å². The molecule has 1 aliphatic carbocycles. The summed E-state index contributed by atoms with van der Waals surface area (Å²) in [5.41, 5.74) is -0.0186. The van der Waals surface area contributed by atoms with Crippen molar-refractivity contribution in [1.29, 1.82) is 0 Å². The third kappa shape index (κ3) is 5.04. The molecule has 1 saturated heterocycles. The topological polar surface area (TPSA) is 90.0 Å². The second kappa shape index (κ2) is 8.67. The molecule has 0 aromatic carbocycles. The van der Waals surface area contributed by atoms with E-state index in [4.69, 9.17) is 14.2 Å². The van der Waals surface area contributed by atoms with Crippen molar-refractivity contribution in [3.63, 3.8) is 0 Å². The van der Waals surface area contributed by atoms with Gasteiger partial charge in [0.15, 0.2) is 0 Å². The Hall–Kier alpha value is -1.71. The zero-order valence-corrected chi connectivity index (χ0v) is 19.9. The van der Waals surface area contributed by atoms with Gasteiger partial charge in [-0.15, -0.1) is 0 Å². The summed E-state index contributed by atoms with van der Waals surface area (Å²) in [7, 11) is 0. The van der Waals surface area contributed by atoms with Gasteiger partial charge in [0.2, 0.25) is 5.91 Å². The van der Waals surface area contributed by atoms with Crippen molar-refractivity contribution < 1.29 is 23.8 Å². The number of carbonyl (C=O) groups excluding carboxylic acids is 2. The molecule has 0 unspecified atom stereocenters. The number of nitrogens with zero attached hydrogens (tertiary/aromatic N) is 2. The molecule has 1 saturated carbocycles. The second-order valence-corrected chi connectivity index (χ2v) is 10.4. The maximum atomic E-state index is 13.3. The summed E-state index contributed by atoms with van der Waals surface area (Å²) in [5.74, 6) is 0.184. The van der Waals surface area contributed by atoms with E-state index >= 15 is 0 Å². The molecule has 3 aliphatic rings. The van der Waals surface area contributed by atoms with Crippen LogP contribution in [0.3, 0.4) is 0 Å². The molecule has 1 aromatic heterocycles. The van der Waals surface area contributed by atoms with Gasteiger partial charge in [-0.3, -0.25) is 9.69 Å². The number of hydrogen-bond donors (Lipinski definition) is 1. The van der Waals surface area contributed by atoms with Gasteiger partial charge < -0.3 is 19.5 Å². The highest BCUT2D eigenvalue weighted by atomic mass is 79.9. The molecule has 170 valence electrons. The predicted molar refractivity (Wildman–Crippen MR) is 118 cm³/mol. The van der Waals surface area contributed by atoms with Crippen LogP contribution in [-0.4, -0.2) is 59.4 Å². The summed E-state index contributed by atoms with van der Waals surface area (Å²) in [5, 5.41) is 2.93. The molecule has 3 heterocycles. The summed E-state index contributed by atoms with van der Waals surface area (Å²) < 4.78 is 18.0. The number of fused-ring (bicyclic) bond motifs is 2. The van der Waals surface area contributed by atoms with Crippen molar-refractivity contribution in [2.75, 3.05) is 25.1 Å². The molecule has 1 N–H and O–H groups in total. The number of pyridine rings is 1. The summed E-state index contributed by atoms with van der Waals surface area (Å²) >= 11 is 3.37. The molecule has 4 rings (SSSR count). The van der Waals surface area contributed by atoms with Gasteiger partial charge in [0.1, 0.15) is 22.1 Å². The lowest BCUT2D eigenvalue weighted by Crippen LogP contribution is -2.47. The Morgan fingerprint density at radius 3 is 2.74 bits per heavy atom. The summed E-state index contributed by atoms with van der Waals surface area (Å²) in [6, 6.07) is 3.04. The van der Waals surface area contributed by atoms with Crippen molar-refractivity contribution in [3.8, 4) is 0 Å². The molecule has 1 aromatic rings. The molecule has 1 spiro atoms. The highest BCUT2D eigenvalue weighted by Gasteiger charge is 2.68. The Morgan fingerprint density at radius 2 is 2.00 bits per heavy atom. The fourth-order valence-corrected chi connectivity index (χ4v) is 4.71. The molecule has 2 fully saturated rings. The number of aromatic nitrogens is 1. The van der Waals surface area contributed by atoms with Gasteiger partial charge in [0, 0.05) is 30.2 Å². The van der Waals surface area contributed by atoms with Gasteiger partial charge in [-0.25, -0.2) is 9.78 Å². The van der Waals surface area contributed by atoms with Crippen LogP contribution in [0.4, 0.5) is 10.6 Å². The zero-order chi connectivity index (χ0) is 22.2. The maximum absolute atomic E-state index is 13.3. The van der Waals surface area contributed by atoms with E-state index in [9.17, 15) is 9.59 Å². The van der Waals surface area contributed by atoms with E-state index in [0.29, 0.717) is 43.3 Å². The highest BCUT2D eigenvalue weighted by molar-refractivity contribution is 9.10. The lowest BCUT2D eigenvalue weighted by molar-refractivity contribution is -0.121. The number of ether oxygens (including phenoxy) is 3. The number of amides is 2. The Morgan fingerprint density at radius 1 is 1.26 bits per heavy atom. The normalized spacial score (nSPS) is 29.2. The van der Waals surface area contributed by atoms with Crippen LogP contribution in [0.2, 0.25) is 0 Å². The van der Waals surface area contributed by atoms with Gasteiger partial charge in [-0.2, -0.15) is 0 Å². The first-order chi connectivity index (χ1) is 14.7. The first kappa shape index (κ1) is 22.5. The highest BCUT2D eigenvalue weighted by Crippen LogP contribution is 2.60. The zero-order valence-electron chi connectivity index (χ0n) is 18.3. The molecule has 9 heteroatoms. The van der Waals surface area contributed by atoms with E-state index in [1.807, 2.05) is 32.9 Å². The van der Waals surface area contributed by atoms with E-state index in [0.717, 1.165) is 24.8 Å². The number of likely N-dealkylation sites (tertiary alicyclic amines) is 1. The molecule has 3 atom stereocenters. The van der Waals surface area contributed by atoms with Gasteiger partial charge in [0.05, 0.1) is 13.2 Å². The number of piperidine rings is 1. The molecule has 31 heavy (non-hydrogen) atoms. The minimum Gasteiger partial charge on any atom is -0.444 e. The molecule has 2 amide bonds. The number of halogens is 1. The van der Waals surface area contributed by atoms with Gasteiger partial charge in [0.25, 0.3) is 0 Å². The first-order valence-electron chi connectivity index (χ1n) is 10.8. The SMILES string of the molecule is CC(C)(C)OC(=O)N1[C@H]2C[C@@]3(COCCCCOCc4ccc(Br)nc4NC2=O)C[C@@H]13. The second-order valence-electron chi connectivity index (χ2n) is 9.63. The standard InChI is InChI=1S/C22H30BrN3O5/c1-21(2,3)31-20(28)26-15-10-22(11-16(22)26)13-30-9-5-4-8-29-12-14-6-7-17(23)24-18(14)25-19(15)27/h6-7,15-16H,4-5,8-13H2,1-3H3,(H,24,25,27)/t15-,16+,22-/m0/s1. The van der Waals surface area contributed by atoms with Gasteiger partial charge in [-0.05, 0) is 68.5 Å². The smallest absolute Gasteiger partial charge is 0.411 e. The van der Waals surface area contributed by atoms with Crippen LogP contribution in [0.25, 0.3) is 0 Å². The Kier molecular flexibility index (Phi) is 6.29. The van der Waals surface area contributed by atoms with Crippen LogP contribution in [0, 0.1) is 5.41 Å². The van der Waals surface area contributed by atoms with Crippen molar-refractivity contribution in [1.82, 2.24) is 9.88 Å². The maximum Gasteiger partial charge on any atom is 0.411 e. The van der Waals surface area contributed by atoms with E-state index in [2.05, 4.69) is 26.2 Å². The third-order valence-electron chi connectivity index (χ3n) is 5.99. The number of hydrogen-bond acceptors (Lipinski definition) is 6. The average molecular weight is 496 g/mol. The Bertz CT molecular complexity index is 858. The van der Waals surface area contributed by atoms with Gasteiger partial charge in [-0.1, -0.05) is 6.07 Å². The van der Waals surface area contributed by atoms with Crippen molar-refractivity contribution in [3.05, 3.63) is 22.3 Å². The average Bonchev–Trinajstić information content (AvgIpc) is 3.26. The van der Waals surface area contributed by atoms with Crippen LogP contribution in [-0.2, 0) is 25.6 Å². The lowest BCUT2D eigenvalue weighted by Gasteiger charge is -2.29. The van der Waals surface area contributed by atoms with Gasteiger partial charge >= 0.3 is 6.09 Å². The summed E-state index contributed by atoms with van der Waals surface area (Å²) in [6.45, 7) is 7.65. The van der Waals surface area contributed by atoms with E-state index in [-0.39, 0.29) is 17.4 Å². The molecular weight excluding hydrogens is 466 g/mol. The molecule has 0 radical (unpaired) electrons. The number of nitrogens with one attached hydrogen (secondary N) is 1. The Labute approximate surface area is 191 Å². The quantitative estimate of drug-likeness (QED) is 0.549. The molecule has 2 aliphatic heterocycles. The molecular formula is C22H30BrN3O5. The first-order valence-corrected chi connectivity index (χ1v) is 11.6. The number of rotatable bonds is 0. The Balaban J connectivity index is 1.61.